The van der Waals surface area contributed by atoms with Gasteiger partial charge in [0, 0.05) is 0 Å². The summed E-state index contributed by atoms with van der Waals surface area (Å²) in [7, 11) is 0. The van der Waals surface area contributed by atoms with Crippen molar-refractivity contribution in [3.05, 3.63) is 81.1 Å². The van der Waals surface area contributed by atoms with E-state index in [0.717, 1.165) is 24.3 Å². The Balaban J connectivity index is 1.94. The molecule has 3 rings (SSSR count). The average Bonchev–Trinajstić information content (AvgIpc) is 3.13. The quantitative estimate of drug-likeness (QED) is 0.326. The van der Waals surface area contributed by atoms with Gasteiger partial charge in [-0.1, -0.05) is 53.0 Å². The summed E-state index contributed by atoms with van der Waals surface area (Å²) in [5.74, 6) is -2.66. The van der Waals surface area contributed by atoms with Gasteiger partial charge in [0.1, 0.15) is 24.2 Å². The van der Waals surface area contributed by atoms with E-state index in [2.05, 4.69) is 10.1 Å². The zero-order chi connectivity index (χ0) is 20.5. The molecule has 1 unspecified atom stereocenters. The molecule has 1 aromatic heterocycles. The number of alkyl halides is 3. The van der Waals surface area contributed by atoms with Gasteiger partial charge in [-0.2, -0.15) is 18.3 Å². The van der Waals surface area contributed by atoms with Crippen LogP contribution in [0.2, 0.25) is 15.1 Å². The average molecular weight is 451 g/mol. The van der Waals surface area contributed by atoms with Gasteiger partial charge in [0.05, 0.1) is 21.0 Å². The van der Waals surface area contributed by atoms with Crippen molar-refractivity contribution in [2.75, 3.05) is 0 Å². The van der Waals surface area contributed by atoms with Gasteiger partial charge in [-0.25, -0.2) is 14.1 Å². The second-order valence-electron chi connectivity index (χ2n) is 5.73. The highest BCUT2D eigenvalue weighted by atomic mass is 35.5. The van der Waals surface area contributed by atoms with Crippen molar-refractivity contribution in [3.63, 3.8) is 0 Å². The fourth-order valence-electron chi connectivity index (χ4n) is 2.52. The van der Waals surface area contributed by atoms with Gasteiger partial charge >= 0.3 is 6.18 Å². The number of nitrogens with zero attached hydrogens (tertiary/aromatic N) is 3. The highest BCUT2D eigenvalue weighted by Gasteiger charge is 2.39. The molecule has 0 radical (unpaired) electrons. The Bertz CT molecular complexity index is 994. The summed E-state index contributed by atoms with van der Waals surface area (Å²) >= 11 is 17.5. The van der Waals surface area contributed by atoms with E-state index in [1.165, 1.54) is 35.5 Å². The van der Waals surface area contributed by atoms with Crippen molar-refractivity contribution in [2.24, 2.45) is 0 Å². The summed E-state index contributed by atoms with van der Waals surface area (Å²) < 4.78 is 56.1. The van der Waals surface area contributed by atoms with Crippen molar-refractivity contribution in [1.82, 2.24) is 14.8 Å². The largest absolute Gasteiger partial charge is 0.399 e. The Kier molecular flexibility index (Phi) is 5.98. The maximum absolute atomic E-state index is 14.3. The Morgan fingerprint density at radius 1 is 1.04 bits per heavy atom. The minimum Gasteiger partial charge on any atom is -0.223 e. The van der Waals surface area contributed by atoms with Gasteiger partial charge in [0.2, 0.25) is 0 Å². The lowest BCUT2D eigenvalue weighted by Crippen LogP contribution is -2.19. The Morgan fingerprint density at radius 3 is 2.25 bits per heavy atom. The molecule has 0 saturated carbocycles. The van der Waals surface area contributed by atoms with E-state index in [0.29, 0.717) is 0 Å². The first-order valence-corrected chi connectivity index (χ1v) is 8.84. The van der Waals surface area contributed by atoms with Gasteiger partial charge in [-0.15, -0.1) is 0 Å². The molecule has 0 saturated heterocycles. The topological polar surface area (TPSA) is 30.7 Å². The molecular weight excluding hydrogens is 441 g/mol. The SMILES string of the molecule is Fc1cc(/C=C/C(c2cc(Cl)c(Cl)c(Cl)c2)C(F)(F)F)ccc1-n1cncn1. The van der Waals surface area contributed by atoms with E-state index in [9.17, 15) is 17.6 Å². The molecule has 1 heterocycles. The smallest absolute Gasteiger partial charge is 0.223 e. The summed E-state index contributed by atoms with van der Waals surface area (Å²) in [4.78, 5) is 3.72. The van der Waals surface area contributed by atoms with Crippen molar-refractivity contribution in [3.8, 4) is 5.69 Å². The van der Waals surface area contributed by atoms with E-state index in [4.69, 9.17) is 34.8 Å². The van der Waals surface area contributed by atoms with E-state index in [-0.39, 0.29) is 31.9 Å². The summed E-state index contributed by atoms with van der Waals surface area (Å²) in [5, 5.41) is 3.61. The molecule has 0 bridgehead atoms. The second kappa shape index (κ2) is 8.11. The Hall–Kier alpha value is -2.09. The van der Waals surface area contributed by atoms with Crippen LogP contribution in [0.1, 0.15) is 17.0 Å². The lowest BCUT2D eigenvalue weighted by atomic mass is 9.97. The fraction of sp³-hybridized carbons (Fsp3) is 0.111. The summed E-state index contributed by atoms with van der Waals surface area (Å²) in [6.07, 6.45) is 0.00394. The van der Waals surface area contributed by atoms with Crippen LogP contribution in [0.3, 0.4) is 0 Å². The molecule has 0 N–H and O–H groups in total. The van der Waals surface area contributed by atoms with Crippen LogP contribution in [0.15, 0.2) is 49.1 Å². The molecule has 3 aromatic rings. The van der Waals surface area contributed by atoms with Gasteiger partial charge in [0.25, 0.3) is 0 Å². The Labute approximate surface area is 172 Å². The van der Waals surface area contributed by atoms with Gasteiger partial charge in [-0.05, 0) is 35.4 Å². The molecule has 0 fully saturated rings. The summed E-state index contributed by atoms with van der Waals surface area (Å²) in [6.45, 7) is 0. The molecule has 0 spiro atoms. The monoisotopic (exact) mass is 449 g/mol. The van der Waals surface area contributed by atoms with Crippen molar-refractivity contribution < 1.29 is 17.6 Å². The fourth-order valence-corrected chi connectivity index (χ4v) is 3.13. The summed E-state index contributed by atoms with van der Waals surface area (Å²) in [6, 6.07) is 6.16. The van der Waals surface area contributed by atoms with Crippen LogP contribution in [-0.2, 0) is 0 Å². The van der Waals surface area contributed by atoms with Crippen LogP contribution in [0, 0.1) is 5.82 Å². The van der Waals surface area contributed by atoms with Crippen LogP contribution in [0.4, 0.5) is 17.6 Å². The molecule has 0 aliphatic carbocycles. The molecule has 146 valence electrons. The van der Waals surface area contributed by atoms with Gasteiger partial charge < -0.3 is 0 Å². The van der Waals surface area contributed by atoms with Gasteiger partial charge in [0.15, 0.2) is 0 Å². The van der Waals surface area contributed by atoms with Gasteiger partial charge in [-0.3, -0.25) is 0 Å². The first-order chi connectivity index (χ1) is 13.2. The zero-order valence-corrected chi connectivity index (χ0v) is 16.0. The van der Waals surface area contributed by atoms with Crippen LogP contribution in [0.5, 0.6) is 0 Å². The second-order valence-corrected chi connectivity index (χ2v) is 6.92. The number of benzene rings is 2. The van der Waals surface area contributed by atoms with E-state index >= 15 is 0 Å². The number of hydrogen-bond acceptors (Lipinski definition) is 2. The maximum atomic E-state index is 14.3. The van der Waals surface area contributed by atoms with Crippen LogP contribution in [-0.4, -0.2) is 20.9 Å². The lowest BCUT2D eigenvalue weighted by Gasteiger charge is -2.18. The molecule has 1 atom stereocenters. The van der Waals surface area contributed by atoms with Crippen LogP contribution >= 0.6 is 34.8 Å². The standard InChI is InChI=1S/C18H10Cl3F4N3/c19-13-6-11(7-14(20)17(13)21)12(18(23,24)25)3-1-10-2-4-16(15(22)5-10)28-9-26-8-27-28/h1-9,12H/b3-1+. The molecule has 0 amide bonds. The third-order valence-electron chi connectivity index (χ3n) is 3.84. The zero-order valence-electron chi connectivity index (χ0n) is 13.8. The first kappa shape index (κ1) is 20.6. The number of rotatable bonds is 4. The number of aromatic nitrogens is 3. The normalized spacial score (nSPS) is 13.2. The van der Waals surface area contributed by atoms with Crippen molar-refractivity contribution >= 4 is 40.9 Å². The minimum atomic E-state index is -4.61. The number of allylic oxidation sites excluding steroid dienone is 1. The third-order valence-corrected chi connectivity index (χ3v) is 5.03. The van der Waals surface area contributed by atoms with Crippen molar-refractivity contribution in [2.45, 2.75) is 12.1 Å². The first-order valence-electron chi connectivity index (χ1n) is 7.70. The predicted octanol–water partition coefficient (Wildman–Crippen LogP) is 6.73. The molecule has 2 aromatic carbocycles. The Morgan fingerprint density at radius 2 is 1.71 bits per heavy atom. The number of hydrogen-bond donors (Lipinski definition) is 0. The van der Waals surface area contributed by atoms with E-state index < -0.39 is 17.9 Å². The molecule has 10 heteroatoms. The molecule has 0 aliphatic rings. The minimum absolute atomic E-state index is 0.0252. The maximum Gasteiger partial charge on any atom is 0.399 e. The van der Waals surface area contributed by atoms with Crippen molar-refractivity contribution in [1.29, 1.82) is 0 Å². The third kappa shape index (κ3) is 4.48. The van der Waals surface area contributed by atoms with E-state index in [1.54, 1.807) is 0 Å². The molecular formula is C18H10Cl3F4N3. The predicted molar refractivity (Wildman–Crippen MR) is 101 cm³/mol. The van der Waals surface area contributed by atoms with Crippen LogP contribution < -0.4 is 0 Å². The van der Waals surface area contributed by atoms with Crippen LogP contribution in [0.25, 0.3) is 11.8 Å². The highest BCUT2D eigenvalue weighted by Crippen LogP contribution is 2.41. The lowest BCUT2D eigenvalue weighted by molar-refractivity contribution is -0.139. The molecule has 28 heavy (non-hydrogen) atoms. The summed E-state index contributed by atoms with van der Waals surface area (Å²) in [5.41, 5.74) is 0.183. The number of halogens is 7. The molecule has 0 aliphatic heterocycles. The highest BCUT2D eigenvalue weighted by molar-refractivity contribution is 6.48. The van der Waals surface area contributed by atoms with E-state index in [1.807, 2.05) is 0 Å². The molecule has 3 nitrogen and oxygen atoms in total.